The van der Waals surface area contributed by atoms with Gasteiger partial charge in [0.15, 0.2) is 0 Å². The molecule has 0 aromatic rings. The molecular weight excluding hydrogens is 467 g/mol. The number of hydrogen-bond acceptors (Lipinski definition) is 0. The summed E-state index contributed by atoms with van der Waals surface area (Å²) in [6.45, 7) is 0. The molecule has 0 aliphatic heterocycles. The average Bonchev–Trinajstić information content (AvgIpc) is 0. The first kappa shape index (κ1) is 28.4. The van der Waals surface area contributed by atoms with Crippen LogP contribution in [0.3, 0.4) is 0 Å². The summed E-state index contributed by atoms with van der Waals surface area (Å²) in [5, 5.41) is 0. The van der Waals surface area contributed by atoms with Crippen molar-refractivity contribution in [1.82, 2.24) is 0 Å². The van der Waals surface area contributed by atoms with Gasteiger partial charge in [-0.15, -0.1) is 0 Å². The van der Waals surface area contributed by atoms with E-state index in [2.05, 4.69) is 0 Å². The van der Waals surface area contributed by atoms with E-state index in [0.29, 0.717) is 0 Å². The van der Waals surface area contributed by atoms with Crippen LogP contribution in [0.2, 0.25) is 0 Å². The molecule has 0 aliphatic rings. The molecule has 0 rings (SSSR count). The molecule has 5 radical (unpaired) electrons. The topological polar surface area (TPSA) is 0 Å². The summed E-state index contributed by atoms with van der Waals surface area (Å²) in [6.07, 6.45) is 0. The van der Waals surface area contributed by atoms with Crippen LogP contribution in [0.5, 0.6) is 0 Å². The predicted octanol–water partition coefficient (Wildman–Crippen LogP) is -0.767. The van der Waals surface area contributed by atoms with Crippen molar-refractivity contribution in [2.75, 3.05) is 0 Å². The minimum atomic E-state index is 0. The Morgan fingerprint density at radius 2 is 1.00 bits per heavy atom. The van der Waals surface area contributed by atoms with Crippen LogP contribution in [-0.2, 0) is 55.0 Å². The molecule has 0 nitrogen and oxygen atoms in total. The summed E-state index contributed by atoms with van der Waals surface area (Å²) in [7, 11) is 0. The minimum absolute atomic E-state index is 0. The van der Waals surface area contributed by atoms with Crippen LogP contribution in [0.15, 0.2) is 0 Å². The van der Waals surface area contributed by atoms with Crippen LogP contribution < -0.4 is 0 Å². The quantitative estimate of drug-likeness (QED) is 0.412. The van der Waals surface area contributed by atoms with E-state index in [1.54, 1.807) is 0 Å². The van der Waals surface area contributed by atoms with E-state index in [-0.39, 0.29) is 90.0 Å². The molecule has 0 unspecified atom stereocenters. The Morgan fingerprint density at radius 3 is 1.00 bits per heavy atom. The van der Waals surface area contributed by atoms with E-state index < -0.39 is 0 Å². The van der Waals surface area contributed by atoms with Crippen molar-refractivity contribution in [3.63, 3.8) is 0 Å². The summed E-state index contributed by atoms with van der Waals surface area (Å²) in [4.78, 5) is 0. The van der Waals surface area contributed by atoms with E-state index in [9.17, 15) is 0 Å². The summed E-state index contributed by atoms with van der Waals surface area (Å²) < 4.78 is 0. The molecule has 0 N–H and O–H groups in total. The summed E-state index contributed by atoms with van der Waals surface area (Å²) >= 11 is 0. The van der Waals surface area contributed by atoms with Gasteiger partial charge in [0, 0.05) is 90.0 Å². The minimum Gasteiger partial charge on any atom is 0 e. The summed E-state index contributed by atoms with van der Waals surface area (Å²) in [5.41, 5.74) is 0. The van der Waals surface area contributed by atoms with Gasteiger partial charge >= 0.3 is 0 Å². The largest absolute Gasteiger partial charge is 0 e. The van der Waals surface area contributed by atoms with Crippen molar-refractivity contribution in [3.8, 4) is 0 Å². The maximum atomic E-state index is 0. The van der Waals surface area contributed by atoms with Gasteiger partial charge < -0.3 is 0 Å². The predicted molar refractivity (Wildman–Crippen MR) is 11.5 cm³/mol. The molecule has 0 aliphatic carbocycles. The third-order valence-electron chi connectivity index (χ3n) is 0. The van der Waals surface area contributed by atoms with Gasteiger partial charge in [0.2, 0.25) is 0 Å². The van der Waals surface area contributed by atoms with Gasteiger partial charge in [-0.05, 0) is 0 Å². The third kappa shape index (κ3) is 8.87. The van der Waals surface area contributed by atoms with E-state index in [0.717, 1.165) is 0 Å². The molecule has 0 heterocycles. The second kappa shape index (κ2) is 16.8. The first-order chi connectivity index (χ1) is 0. The monoisotopic (exact) mass is 471 g/mol. The van der Waals surface area contributed by atoms with E-state index in [1.807, 2.05) is 0 Å². The van der Waals surface area contributed by atoms with Crippen LogP contribution in [-0.4, -0.2) is 35.0 Å². The first-order valence-corrected chi connectivity index (χ1v) is 0. The first-order valence-electron chi connectivity index (χ1n) is 0. The zero-order valence-corrected chi connectivity index (χ0v) is 15.4. The van der Waals surface area contributed by atoms with Crippen LogP contribution in [0.1, 0.15) is 0 Å². The van der Waals surface area contributed by atoms with Crippen LogP contribution in [0.25, 0.3) is 0 Å². The Bertz CT molecular complexity index is 8.00. The van der Waals surface area contributed by atoms with E-state index in [1.165, 1.54) is 0 Å². The zero-order valence-electron chi connectivity index (χ0n) is 2.27. The molecule has 4 heteroatoms. The molecular formula is AsCdHgSe. The van der Waals surface area contributed by atoms with Gasteiger partial charge in [0.05, 0.1) is 0 Å². The van der Waals surface area contributed by atoms with Crippen LogP contribution in [0, 0.1) is 0 Å². The fraction of sp³-hybridized carbons (Fsp3) is 0. The molecule has 15 valence electrons. The van der Waals surface area contributed by atoms with E-state index in [4.69, 9.17) is 0 Å². The van der Waals surface area contributed by atoms with Crippen molar-refractivity contribution < 1.29 is 55.0 Å². The third-order valence-corrected chi connectivity index (χ3v) is 0. The van der Waals surface area contributed by atoms with Crippen molar-refractivity contribution in [1.29, 1.82) is 0 Å². The molecule has 0 aromatic heterocycles. The molecule has 0 saturated heterocycles. The molecule has 0 amide bonds. The van der Waals surface area contributed by atoms with Crippen molar-refractivity contribution in [3.05, 3.63) is 0 Å². The van der Waals surface area contributed by atoms with Gasteiger partial charge in [0.1, 0.15) is 0 Å². The molecule has 0 bridgehead atoms. The molecule has 0 spiro atoms. The van der Waals surface area contributed by atoms with Crippen LogP contribution >= 0.6 is 0 Å². The second-order valence-corrected chi connectivity index (χ2v) is 0. The Balaban J connectivity index is 0. The summed E-state index contributed by atoms with van der Waals surface area (Å²) in [5.74, 6) is 0. The Hall–Kier alpha value is 2.94. The maximum Gasteiger partial charge on any atom is 0 e. The summed E-state index contributed by atoms with van der Waals surface area (Å²) in [6, 6.07) is 0. The van der Waals surface area contributed by atoms with Crippen molar-refractivity contribution in [2.45, 2.75) is 0 Å². The Labute approximate surface area is 88.3 Å². The SMILES string of the molecule is [As].[Cd].[Hg].[Se]. The van der Waals surface area contributed by atoms with Gasteiger partial charge in [0.25, 0.3) is 0 Å². The van der Waals surface area contributed by atoms with Gasteiger partial charge in [-0.1, -0.05) is 0 Å². The van der Waals surface area contributed by atoms with E-state index >= 15 is 0 Å². The smallest absolute Gasteiger partial charge is 0 e. The van der Waals surface area contributed by atoms with Crippen LogP contribution in [0.4, 0.5) is 0 Å². The molecule has 0 atom stereocenters. The fourth-order valence-corrected chi connectivity index (χ4v) is 0. The van der Waals surface area contributed by atoms with Gasteiger partial charge in [-0.2, -0.15) is 0 Å². The van der Waals surface area contributed by atoms with Crippen molar-refractivity contribution >= 4 is 35.0 Å². The van der Waals surface area contributed by atoms with Crippen molar-refractivity contribution in [2.24, 2.45) is 0 Å². The zero-order chi connectivity index (χ0) is 0. The molecule has 0 aromatic carbocycles. The Morgan fingerprint density at radius 1 is 1.00 bits per heavy atom. The second-order valence-electron chi connectivity index (χ2n) is 0. The molecule has 4 heavy (non-hydrogen) atoms. The number of rotatable bonds is 0. The average molecular weight is 467 g/mol. The molecule has 0 fully saturated rings. The van der Waals surface area contributed by atoms with Gasteiger partial charge in [-0.25, -0.2) is 0 Å². The maximum absolute atomic E-state index is 0. The standard InChI is InChI=1S/As.Cd.Hg.Se. The van der Waals surface area contributed by atoms with Gasteiger partial charge in [-0.3, -0.25) is 0 Å². The Kier molecular flexibility index (Phi) is 119. The molecule has 0 saturated carbocycles. The fourth-order valence-electron chi connectivity index (χ4n) is 0. The normalized spacial score (nSPS) is 0. The number of hydrogen-bond donors (Lipinski definition) is 0.